The van der Waals surface area contributed by atoms with Crippen LogP contribution in [0.25, 0.3) is 44.3 Å². The lowest BCUT2D eigenvalue weighted by atomic mass is 9.80. The van der Waals surface area contributed by atoms with Gasteiger partial charge in [-0.05, 0) is 77.6 Å². The number of benzene rings is 3. The first-order valence-electron chi connectivity index (χ1n) is 12.5. The van der Waals surface area contributed by atoms with Crippen molar-refractivity contribution < 1.29 is 13.4 Å². The average Bonchev–Trinajstić information content (AvgIpc) is 3.42. The topological polar surface area (TPSA) is 17.0 Å². The molecular weight excluding hydrogens is 433 g/mol. The Balaban J connectivity index is 1.69. The highest BCUT2D eigenvalue weighted by Gasteiger charge is 2.27. The minimum Gasteiger partial charge on any atom is -0.454 e. The molecule has 176 valence electrons. The average molecular weight is 465 g/mol. The fraction of sp³-hybridized carbons (Fsp3) is 0.281. The van der Waals surface area contributed by atoms with Crippen molar-refractivity contribution in [1.29, 1.82) is 0 Å². The molecule has 0 bridgehead atoms. The third-order valence-corrected chi connectivity index (χ3v) is 7.59. The van der Waals surface area contributed by atoms with Crippen LogP contribution in [0.4, 0.5) is 4.39 Å². The Hall–Kier alpha value is -3.46. The maximum Gasteiger partial charge on any atom is 0.216 e. The zero-order valence-electron chi connectivity index (χ0n) is 21.1. The van der Waals surface area contributed by atoms with Crippen LogP contribution in [0.1, 0.15) is 49.4 Å². The molecule has 0 saturated carbocycles. The van der Waals surface area contributed by atoms with Crippen LogP contribution in [0.5, 0.6) is 0 Å². The van der Waals surface area contributed by atoms with E-state index in [1.54, 1.807) is 6.07 Å². The van der Waals surface area contributed by atoms with Crippen LogP contribution in [0, 0.1) is 12.7 Å². The molecule has 3 aromatic carbocycles. The van der Waals surface area contributed by atoms with Crippen molar-refractivity contribution in [3.05, 3.63) is 88.9 Å². The number of fused-ring (bicyclic) bond motifs is 4. The van der Waals surface area contributed by atoms with E-state index in [1.165, 1.54) is 16.7 Å². The maximum absolute atomic E-state index is 15.6. The Labute approximate surface area is 206 Å². The van der Waals surface area contributed by atoms with Crippen LogP contribution >= 0.6 is 0 Å². The predicted molar refractivity (Wildman–Crippen MR) is 141 cm³/mol. The van der Waals surface area contributed by atoms with Crippen molar-refractivity contribution in [2.75, 3.05) is 0 Å². The standard InChI is InChI=1S/C32H31FNO/c1-19-12-13-23-24-14-15-26(33)29(21-17-20-9-8-10-22(20)25(18-21)32(2,3)4)31(24)35-30(23)28(19)27-11-6-7-16-34(27)5/h6-7,11-18H,8-10H2,1-5H3/q+1. The zero-order chi connectivity index (χ0) is 24.5. The van der Waals surface area contributed by atoms with Crippen LogP contribution in [-0.4, -0.2) is 0 Å². The van der Waals surface area contributed by atoms with Gasteiger partial charge in [-0.3, -0.25) is 0 Å². The molecule has 6 rings (SSSR count). The Morgan fingerprint density at radius 1 is 0.886 bits per heavy atom. The fourth-order valence-electron chi connectivity index (χ4n) is 5.87. The summed E-state index contributed by atoms with van der Waals surface area (Å²) in [7, 11) is 2.04. The molecule has 2 heterocycles. The molecule has 0 aliphatic heterocycles. The van der Waals surface area contributed by atoms with Gasteiger partial charge in [-0.15, -0.1) is 0 Å². The van der Waals surface area contributed by atoms with E-state index in [1.807, 2.05) is 31.4 Å². The second-order valence-corrected chi connectivity index (χ2v) is 11.0. The molecule has 5 aromatic rings. The van der Waals surface area contributed by atoms with E-state index >= 15 is 4.39 Å². The smallest absolute Gasteiger partial charge is 0.216 e. The number of hydrogen-bond acceptors (Lipinski definition) is 1. The molecule has 1 aliphatic rings. The monoisotopic (exact) mass is 464 g/mol. The number of pyridine rings is 1. The number of hydrogen-bond donors (Lipinski definition) is 0. The minimum atomic E-state index is -0.238. The molecular formula is C32H31FNO+. The first kappa shape index (κ1) is 22.0. The largest absolute Gasteiger partial charge is 0.454 e. The summed E-state index contributed by atoms with van der Waals surface area (Å²) in [5.41, 5.74) is 10.3. The van der Waals surface area contributed by atoms with E-state index in [9.17, 15) is 0 Å². The third kappa shape index (κ3) is 3.40. The highest BCUT2D eigenvalue weighted by molar-refractivity contribution is 6.13. The van der Waals surface area contributed by atoms with Crippen molar-refractivity contribution >= 4 is 21.9 Å². The van der Waals surface area contributed by atoms with Gasteiger partial charge in [0.15, 0.2) is 6.20 Å². The van der Waals surface area contributed by atoms with Gasteiger partial charge in [0.2, 0.25) is 5.69 Å². The van der Waals surface area contributed by atoms with Crippen LogP contribution in [0.2, 0.25) is 0 Å². The fourth-order valence-corrected chi connectivity index (χ4v) is 5.87. The van der Waals surface area contributed by atoms with E-state index in [2.05, 4.69) is 62.6 Å². The normalized spacial score (nSPS) is 13.7. The number of rotatable bonds is 2. The number of aryl methyl sites for hydroxylation is 3. The molecule has 2 nitrogen and oxygen atoms in total. The summed E-state index contributed by atoms with van der Waals surface area (Å²) in [6.45, 7) is 8.85. The van der Waals surface area contributed by atoms with Crippen molar-refractivity contribution in [3.8, 4) is 22.4 Å². The first-order valence-corrected chi connectivity index (χ1v) is 12.5. The van der Waals surface area contributed by atoms with Gasteiger partial charge in [-0.2, -0.15) is 0 Å². The molecule has 0 spiro atoms. The van der Waals surface area contributed by atoms with Gasteiger partial charge in [0.1, 0.15) is 24.0 Å². The second-order valence-electron chi connectivity index (χ2n) is 11.0. The molecule has 0 fully saturated rings. The predicted octanol–water partition coefficient (Wildman–Crippen LogP) is 7.98. The summed E-state index contributed by atoms with van der Waals surface area (Å²) in [6.07, 6.45) is 5.37. The highest BCUT2D eigenvalue weighted by atomic mass is 19.1. The molecule has 3 heteroatoms. The molecule has 35 heavy (non-hydrogen) atoms. The van der Waals surface area contributed by atoms with Gasteiger partial charge < -0.3 is 4.42 Å². The van der Waals surface area contributed by atoms with Crippen LogP contribution in [0.15, 0.2) is 65.2 Å². The van der Waals surface area contributed by atoms with E-state index in [-0.39, 0.29) is 11.2 Å². The lowest BCUT2D eigenvalue weighted by Gasteiger charge is -2.24. The molecule has 0 radical (unpaired) electrons. The van der Waals surface area contributed by atoms with Crippen molar-refractivity contribution in [1.82, 2.24) is 0 Å². The summed E-state index contributed by atoms with van der Waals surface area (Å²) in [5.74, 6) is -0.238. The lowest BCUT2D eigenvalue weighted by molar-refractivity contribution is -0.660. The van der Waals surface area contributed by atoms with E-state index in [4.69, 9.17) is 4.42 Å². The summed E-state index contributed by atoms with van der Waals surface area (Å²) in [6, 6.07) is 18.3. The van der Waals surface area contributed by atoms with Crippen LogP contribution in [0.3, 0.4) is 0 Å². The Morgan fingerprint density at radius 3 is 2.37 bits per heavy atom. The molecule has 0 amide bonds. The number of nitrogens with zero attached hydrogens (tertiary/aromatic N) is 1. The maximum atomic E-state index is 15.6. The highest BCUT2D eigenvalue weighted by Crippen LogP contribution is 2.44. The molecule has 0 atom stereocenters. The van der Waals surface area contributed by atoms with Gasteiger partial charge in [0.05, 0.1) is 11.1 Å². The molecule has 0 unspecified atom stereocenters. The van der Waals surface area contributed by atoms with Gasteiger partial charge >= 0.3 is 0 Å². The Bertz CT molecular complexity index is 1630. The molecule has 1 aliphatic carbocycles. The molecule has 2 aromatic heterocycles. The number of aromatic nitrogens is 1. The van der Waals surface area contributed by atoms with Gasteiger partial charge in [0.25, 0.3) is 0 Å². The second kappa shape index (κ2) is 7.78. The summed E-state index contributed by atoms with van der Waals surface area (Å²) < 4.78 is 24.4. The SMILES string of the molecule is Cc1ccc2c(oc3c(-c4cc5c(c(C(C)(C)C)c4)CCC5)c(F)ccc32)c1-c1cccc[n+]1C. The van der Waals surface area contributed by atoms with Gasteiger partial charge in [-0.25, -0.2) is 8.96 Å². The van der Waals surface area contributed by atoms with Gasteiger partial charge in [-0.1, -0.05) is 45.0 Å². The molecule has 0 saturated heterocycles. The van der Waals surface area contributed by atoms with E-state index < -0.39 is 0 Å². The Kier molecular flexibility index (Phi) is 4.90. The summed E-state index contributed by atoms with van der Waals surface area (Å²) in [5, 5.41) is 1.97. The zero-order valence-corrected chi connectivity index (χ0v) is 21.1. The summed E-state index contributed by atoms with van der Waals surface area (Å²) >= 11 is 0. The Morgan fingerprint density at radius 2 is 1.63 bits per heavy atom. The minimum absolute atomic E-state index is 0.00494. The van der Waals surface area contributed by atoms with Gasteiger partial charge in [0, 0.05) is 22.9 Å². The summed E-state index contributed by atoms with van der Waals surface area (Å²) in [4.78, 5) is 0. The van der Waals surface area contributed by atoms with Crippen LogP contribution in [-0.2, 0) is 25.3 Å². The lowest BCUT2D eigenvalue weighted by Crippen LogP contribution is -2.30. The van der Waals surface area contributed by atoms with E-state index in [0.29, 0.717) is 11.1 Å². The van der Waals surface area contributed by atoms with E-state index in [0.717, 1.165) is 58.0 Å². The quantitative estimate of drug-likeness (QED) is 0.242. The third-order valence-electron chi connectivity index (χ3n) is 7.59. The first-order chi connectivity index (χ1) is 16.7. The van der Waals surface area contributed by atoms with Crippen molar-refractivity contribution in [2.24, 2.45) is 7.05 Å². The number of halogens is 1. The van der Waals surface area contributed by atoms with Crippen molar-refractivity contribution in [2.45, 2.75) is 52.4 Å². The number of furan rings is 1. The van der Waals surface area contributed by atoms with Crippen LogP contribution < -0.4 is 4.57 Å². The van der Waals surface area contributed by atoms with Crippen molar-refractivity contribution in [3.63, 3.8) is 0 Å². The molecule has 0 N–H and O–H groups in total.